The molecule has 0 N–H and O–H groups in total. The molecule has 2 bridgehead atoms. The van der Waals surface area contributed by atoms with E-state index in [1.807, 2.05) is 30.3 Å². The first-order valence-corrected chi connectivity index (χ1v) is 8.44. The number of fused-ring (bicyclic) bond motifs is 2. The zero-order valence-corrected chi connectivity index (χ0v) is 14.6. The molecule has 2 aliphatic rings. The molecule has 1 heterocycles. The number of para-hydroxylation sites is 1. The van der Waals surface area contributed by atoms with E-state index in [0.717, 1.165) is 30.7 Å². The molecule has 2 fully saturated rings. The summed E-state index contributed by atoms with van der Waals surface area (Å²) in [4.78, 5) is 14.8. The second-order valence-electron chi connectivity index (χ2n) is 8.26. The maximum atomic E-state index is 12.7. The van der Waals surface area contributed by atoms with Gasteiger partial charge in [0.15, 0.2) is 0 Å². The zero-order valence-electron chi connectivity index (χ0n) is 14.6. The minimum absolute atomic E-state index is 0.127. The minimum Gasteiger partial charge on any atom is -0.496 e. The van der Waals surface area contributed by atoms with Gasteiger partial charge in [0, 0.05) is 24.2 Å². The first-order chi connectivity index (χ1) is 10.8. The van der Waals surface area contributed by atoms with Crippen LogP contribution in [0.5, 0.6) is 5.75 Å². The highest BCUT2D eigenvalue weighted by Gasteiger charge is 2.50. The number of nitrogens with zero attached hydrogens (tertiary/aromatic N) is 1. The second kappa shape index (κ2) is 5.70. The normalized spacial score (nSPS) is 29.0. The van der Waals surface area contributed by atoms with Crippen molar-refractivity contribution in [1.82, 2.24) is 4.90 Å². The maximum absolute atomic E-state index is 12.7. The molecule has 0 radical (unpaired) electrons. The summed E-state index contributed by atoms with van der Waals surface area (Å²) in [5.74, 6) is 0.923. The van der Waals surface area contributed by atoms with Crippen LogP contribution in [-0.2, 0) is 4.79 Å². The summed E-state index contributed by atoms with van der Waals surface area (Å²) in [5.41, 5.74) is 1.55. The molecule has 124 valence electrons. The number of hydrogen-bond acceptors (Lipinski definition) is 2. The van der Waals surface area contributed by atoms with Crippen molar-refractivity contribution in [2.45, 2.75) is 46.1 Å². The first kappa shape index (κ1) is 16.1. The summed E-state index contributed by atoms with van der Waals surface area (Å²) in [6, 6.07) is 8.16. The van der Waals surface area contributed by atoms with Crippen molar-refractivity contribution in [3.05, 3.63) is 35.9 Å². The van der Waals surface area contributed by atoms with E-state index in [1.54, 1.807) is 13.2 Å². The quantitative estimate of drug-likeness (QED) is 0.785. The fraction of sp³-hybridized carbons (Fsp3) is 0.550. The Morgan fingerprint density at radius 1 is 1.26 bits per heavy atom. The van der Waals surface area contributed by atoms with E-state index in [-0.39, 0.29) is 11.3 Å². The summed E-state index contributed by atoms with van der Waals surface area (Å²) in [7, 11) is 1.65. The number of rotatable bonds is 3. The average Bonchev–Trinajstić information content (AvgIpc) is 2.74. The van der Waals surface area contributed by atoms with Crippen molar-refractivity contribution < 1.29 is 9.53 Å². The number of ether oxygens (including phenoxy) is 1. The lowest BCUT2D eigenvalue weighted by Crippen LogP contribution is -2.36. The Morgan fingerprint density at radius 2 is 2.00 bits per heavy atom. The van der Waals surface area contributed by atoms with Gasteiger partial charge in [-0.15, -0.1) is 0 Å². The molecular formula is C20H27NO2. The highest BCUT2D eigenvalue weighted by molar-refractivity contribution is 5.92. The van der Waals surface area contributed by atoms with E-state index >= 15 is 0 Å². The van der Waals surface area contributed by atoms with Crippen LogP contribution < -0.4 is 4.74 Å². The van der Waals surface area contributed by atoms with Crippen molar-refractivity contribution in [1.29, 1.82) is 0 Å². The van der Waals surface area contributed by atoms with Crippen molar-refractivity contribution in [2.24, 2.45) is 10.8 Å². The van der Waals surface area contributed by atoms with Gasteiger partial charge in [0.05, 0.1) is 7.11 Å². The van der Waals surface area contributed by atoms with Gasteiger partial charge in [-0.2, -0.15) is 0 Å². The molecule has 1 aliphatic carbocycles. The maximum Gasteiger partial charge on any atom is 0.246 e. The topological polar surface area (TPSA) is 29.5 Å². The Kier molecular flexibility index (Phi) is 3.99. The van der Waals surface area contributed by atoms with Crippen LogP contribution in [-0.4, -0.2) is 30.5 Å². The summed E-state index contributed by atoms with van der Waals surface area (Å²) in [6.07, 6.45) is 7.03. The van der Waals surface area contributed by atoms with Crippen molar-refractivity contribution >= 4 is 12.0 Å². The van der Waals surface area contributed by atoms with Crippen LogP contribution in [0, 0.1) is 10.8 Å². The minimum atomic E-state index is 0.127. The number of amides is 1. The molecule has 1 saturated heterocycles. The largest absolute Gasteiger partial charge is 0.496 e. The molecule has 1 aliphatic heterocycles. The Labute approximate surface area is 139 Å². The van der Waals surface area contributed by atoms with Crippen LogP contribution in [0.1, 0.15) is 45.6 Å². The lowest BCUT2D eigenvalue weighted by Gasteiger charge is -2.39. The molecule has 3 nitrogen and oxygen atoms in total. The van der Waals surface area contributed by atoms with E-state index in [9.17, 15) is 4.79 Å². The first-order valence-electron chi connectivity index (χ1n) is 8.44. The fourth-order valence-corrected chi connectivity index (χ4v) is 4.78. The number of methoxy groups -OCH3 is 1. The van der Waals surface area contributed by atoms with Crippen LogP contribution in [0.4, 0.5) is 0 Å². The van der Waals surface area contributed by atoms with E-state index in [1.165, 1.54) is 6.42 Å². The zero-order chi connectivity index (χ0) is 16.7. The number of benzene rings is 1. The molecule has 0 aromatic heterocycles. The summed E-state index contributed by atoms with van der Waals surface area (Å²) in [6.45, 7) is 7.88. The molecule has 1 aromatic carbocycles. The van der Waals surface area contributed by atoms with Gasteiger partial charge >= 0.3 is 0 Å². The Morgan fingerprint density at radius 3 is 2.74 bits per heavy atom. The van der Waals surface area contributed by atoms with Crippen LogP contribution in [0.25, 0.3) is 6.08 Å². The molecule has 1 amide bonds. The predicted molar refractivity (Wildman–Crippen MR) is 93.3 cm³/mol. The number of likely N-dealkylation sites (tertiary alicyclic amines) is 1. The average molecular weight is 313 g/mol. The second-order valence-corrected chi connectivity index (χ2v) is 8.26. The summed E-state index contributed by atoms with van der Waals surface area (Å²) < 4.78 is 5.34. The smallest absolute Gasteiger partial charge is 0.246 e. The molecule has 2 atom stereocenters. The molecule has 3 rings (SSSR count). The van der Waals surface area contributed by atoms with Gasteiger partial charge in [-0.25, -0.2) is 0 Å². The van der Waals surface area contributed by atoms with Gasteiger partial charge in [-0.05, 0) is 42.2 Å². The van der Waals surface area contributed by atoms with Gasteiger partial charge in [0.25, 0.3) is 0 Å². The monoisotopic (exact) mass is 313 g/mol. The number of hydrogen-bond donors (Lipinski definition) is 0. The molecular weight excluding hydrogens is 286 g/mol. The van der Waals surface area contributed by atoms with E-state index in [2.05, 4.69) is 25.7 Å². The third-order valence-electron chi connectivity index (χ3n) is 5.24. The highest BCUT2D eigenvalue weighted by atomic mass is 16.5. The van der Waals surface area contributed by atoms with Gasteiger partial charge in [0.2, 0.25) is 5.91 Å². The van der Waals surface area contributed by atoms with Gasteiger partial charge in [0.1, 0.15) is 5.75 Å². The van der Waals surface area contributed by atoms with Gasteiger partial charge in [-0.1, -0.05) is 39.0 Å². The number of carbonyl (C=O) groups is 1. The molecule has 3 heteroatoms. The third-order valence-corrected chi connectivity index (χ3v) is 5.24. The van der Waals surface area contributed by atoms with Crippen LogP contribution in [0.15, 0.2) is 30.3 Å². The lowest BCUT2D eigenvalue weighted by molar-refractivity contribution is -0.127. The van der Waals surface area contributed by atoms with E-state index in [0.29, 0.717) is 11.5 Å². The van der Waals surface area contributed by atoms with E-state index < -0.39 is 0 Å². The third kappa shape index (κ3) is 3.29. The highest BCUT2D eigenvalue weighted by Crippen LogP contribution is 2.52. The van der Waals surface area contributed by atoms with Crippen LogP contribution in [0.3, 0.4) is 0 Å². The van der Waals surface area contributed by atoms with Gasteiger partial charge < -0.3 is 9.64 Å². The molecule has 1 aromatic rings. The molecule has 23 heavy (non-hydrogen) atoms. The lowest BCUT2D eigenvalue weighted by atomic mass is 9.65. The molecule has 0 spiro atoms. The Balaban J connectivity index is 1.76. The fourth-order valence-electron chi connectivity index (χ4n) is 4.78. The van der Waals surface area contributed by atoms with Gasteiger partial charge in [-0.3, -0.25) is 4.79 Å². The van der Waals surface area contributed by atoms with Crippen molar-refractivity contribution in [2.75, 3.05) is 13.7 Å². The van der Waals surface area contributed by atoms with Crippen LogP contribution in [0.2, 0.25) is 0 Å². The Bertz CT molecular complexity index is 634. The number of carbonyl (C=O) groups excluding carboxylic acids is 1. The molecule has 1 saturated carbocycles. The summed E-state index contributed by atoms with van der Waals surface area (Å²) >= 11 is 0. The van der Waals surface area contributed by atoms with Crippen LogP contribution >= 0.6 is 0 Å². The van der Waals surface area contributed by atoms with Crippen molar-refractivity contribution in [3.63, 3.8) is 0 Å². The summed E-state index contributed by atoms with van der Waals surface area (Å²) in [5, 5.41) is 0. The Hall–Kier alpha value is -1.77. The van der Waals surface area contributed by atoms with Crippen molar-refractivity contribution in [3.8, 4) is 5.75 Å². The predicted octanol–water partition coefficient (Wildman–Crippen LogP) is 4.14. The van der Waals surface area contributed by atoms with E-state index in [4.69, 9.17) is 4.74 Å². The molecule has 0 unspecified atom stereocenters. The SMILES string of the molecule is COc1ccccc1C=CC(=O)N1C[C@@]2(C)C[C@@H]1CC(C)(C)C2. The standard InChI is InChI=1S/C20H27NO2/c1-19(2)11-16-12-20(3,13-19)14-21(16)18(22)10-9-15-7-5-6-8-17(15)23-4/h5-10,16H,11-14H2,1-4H3/t16-,20-/m0/s1.